The minimum atomic E-state index is 0.856. The van der Waals surface area contributed by atoms with E-state index in [2.05, 4.69) is 187 Å². The highest BCUT2D eigenvalue weighted by Gasteiger charge is 2.21. The monoisotopic (exact) mass is 701 g/mol. The van der Waals surface area contributed by atoms with Gasteiger partial charge in [0.05, 0.1) is 11.0 Å². The summed E-state index contributed by atoms with van der Waals surface area (Å²) in [6.07, 6.45) is 0. The molecule has 0 unspecified atom stereocenters. The van der Waals surface area contributed by atoms with Crippen LogP contribution in [-0.2, 0) is 0 Å². The molecular formula is C52H31NO2. The Morgan fingerprint density at radius 2 is 0.964 bits per heavy atom. The third kappa shape index (κ3) is 4.44. The number of hydrogen-bond acceptors (Lipinski definition) is 2. The Balaban J connectivity index is 1.03. The number of furan rings is 2. The van der Waals surface area contributed by atoms with Gasteiger partial charge in [-0.3, -0.25) is 0 Å². The van der Waals surface area contributed by atoms with Gasteiger partial charge in [-0.25, -0.2) is 0 Å². The predicted molar refractivity (Wildman–Crippen MR) is 229 cm³/mol. The van der Waals surface area contributed by atoms with Crippen molar-refractivity contribution in [3.63, 3.8) is 0 Å². The first-order valence-corrected chi connectivity index (χ1v) is 18.8. The molecule has 0 saturated carbocycles. The topological polar surface area (TPSA) is 31.2 Å². The fraction of sp³-hybridized carbons (Fsp3) is 0. The van der Waals surface area contributed by atoms with E-state index in [4.69, 9.17) is 8.83 Å². The lowest BCUT2D eigenvalue weighted by Gasteiger charge is -2.17. The highest BCUT2D eigenvalue weighted by Crippen LogP contribution is 2.47. The van der Waals surface area contributed by atoms with E-state index < -0.39 is 0 Å². The zero-order chi connectivity index (χ0) is 36.0. The minimum absolute atomic E-state index is 0.856. The molecule has 0 bridgehead atoms. The second kappa shape index (κ2) is 11.6. The van der Waals surface area contributed by atoms with Gasteiger partial charge in [0.25, 0.3) is 0 Å². The number of hydrogen-bond donors (Lipinski definition) is 0. The van der Waals surface area contributed by atoms with Gasteiger partial charge >= 0.3 is 0 Å². The summed E-state index contributed by atoms with van der Waals surface area (Å²) in [5, 5.41) is 10.5. The average Bonchev–Trinajstić information content (AvgIpc) is 3.95. The van der Waals surface area contributed by atoms with Crippen LogP contribution in [0.25, 0.3) is 116 Å². The molecule has 0 amide bonds. The fourth-order valence-corrected chi connectivity index (χ4v) is 8.98. The smallest absolute Gasteiger partial charge is 0.143 e. The third-order valence-electron chi connectivity index (χ3n) is 11.4. The predicted octanol–water partition coefficient (Wildman–Crippen LogP) is 14.7. The van der Waals surface area contributed by atoms with Crippen LogP contribution < -0.4 is 0 Å². The number of nitrogens with zero attached hydrogens (tertiary/aromatic N) is 1. The zero-order valence-corrected chi connectivity index (χ0v) is 29.7. The van der Waals surface area contributed by atoms with Crippen LogP contribution in [0.15, 0.2) is 197 Å². The normalized spacial score (nSPS) is 12.0. The molecule has 256 valence electrons. The lowest BCUT2D eigenvalue weighted by atomic mass is 9.85. The van der Waals surface area contributed by atoms with Crippen molar-refractivity contribution in [2.45, 2.75) is 0 Å². The van der Waals surface area contributed by atoms with Crippen LogP contribution in [-0.4, -0.2) is 4.57 Å². The molecule has 0 N–H and O–H groups in total. The van der Waals surface area contributed by atoms with E-state index in [9.17, 15) is 0 Å². The second-order valence-corrected chi connectivity index (χ2v) is 14.4. The summed E-state index contributed by atoms with van der Waals surface area (Å²) in [6.45, 7) is 0. The molecule has 0 aliphatic carbocycles. The van der Waals surface area contributed by atoms with Crippen molar-refractivity contribution < 1.29 is 8.83 Å². The Hall–Kier alpha value is -7.36. The Morgan fingerprint density at radius 1 is 0.345 bits per heavy atom. The molecule has 0 spiro atoms. The number of fused-ring (bicyclic) bond motifs is 9. The second-order valence-electron chi connectivity index (χ2n) is 14.4. The SMILES string of the molecule is c1ccc(-n2c3ccccc3c3cc(-c4cc5ccc(-c6c7ccccc7c(-c7cccc8c7oc7ccccc78)c7ccccc67)cc5o4)ccc32)cc1. The molecule has 9 aromatic carbocycles. The van der Waals surface area contributed by atoms with Crippen molar-refractivity contribution in [2.24, 2.45) is 0 Å². The molecule has 3 heterocycles. The standard InChI is InChI=1S/C52H31NO2/c1-2-13-35(14-3-1)53-45-23-10-8-15-36(45)44-29-32(27-28-46(44)53)48-30-33-25-26-34(31-49(33)54-48)50-38-17-4-6-19-40(38)51(41-20-7-5-18-39(41)50)43-22-12-21-42-37-16-9-11-24-47(37)55-52(42)43/h1-31H. The van der Waals surface area contributed by atoms with Crippen molar-refractivity contribution in [3.05, 3.63) is 188 Å². The first kappa shape index (κ1) is 30.1. The molecule has 55 heavy (non-hydrogen) atoms. The van der Waals surface area contributed by atoms with E-state index >= 15 is 0 Å². The molecule has 12 aromatic rings. The summed E-state index contributed by atoms with van der Waals surface area (Å²) in [7, 11) is 0. The van der Waals surface area contributed by atoms with Gasteiger partial charge < -0.3 is 13.4 Å². The molecule has 0 saturated heterocycles. The molecule has 3 aromatic heterocycles. The van der Waals surface area contributed by atoms with Crippen molar-refractivity contribution >= 4 is 76.3 Å². The molecule has 0 fully saturated rings. The van der Waals surface area contributed by atoms with Gasteiger partial charge in [-0.1, -0.05) is 133 Å². The number of benzene rings is 9. The van der Waals surface area contributed by atoms with Gasteiger partial charge in [0.1, 0.15) is 22.5 Å². The maximum Gasteiger partial charge on any atom is 0.143 e. The molecule has 3 nitrogen and oxygen atoms in total. The van der Waals surface area contributed by atoms with Crippen LogP contribution in [0.2, 0.25) is 0 Å². The van der Waals surface area contributed by atoms with Gasteiger partial charge in [-0.2, -0.15) is 0 Å². The fourth-order valence-electron chi connectivity index (χ4n) is 8.98. The number of rotatable bonds is 4. The zero-order valence-electron chi connectivity index (χ0n) is 29.7. The van der Waals surface area contributed by atoms with Crippen LogP contribution in [0.4, 0.5) is 0 Å². The molecule has 12 rings (SSSR count). The summed E-state index contributed by atoms with van der Waals surface area (Å²) < 4.78 is 15.7. The molecule has 0 aliphatic heterocycles. The Labute approximate surface area is 315 Å². The van der Waals surface area contributed by atoms with E-state index in [0.717, 1.165) is 61.0 Å². The van der Waals surface area contributed by atoms with Crippen molar-refractivity contribution in [2.75, 3.05) is 0 Å². The van der Waals surface area contributed by atoms with Crippen LogP contribution in [0, 0.1) is 0 Å². The van der Waals surface area contributed by atoms with Gasteiger partial charge in [-0.05, 0) is 87.3 Å². The van der Waals surface area contributed by atoms with E-state index in [0.29, 0.717) is 0 Å². The molecular weight excluding hydrogens is 671 g/mol. The maximum atomic E-state index is 6.74. The lowest BCUT2D eigenvalue weighted by molar-refractivity contribution is 0.632. The van der Waals surface area contributed by atoms with Crippen molar-refractivity contribution in [1.82, 2.24) is 4.57 Å². The van der Waals surface area contributed by atoms with E-state index in [1.165, 1.54) is 54.5 Å². The highest BCUT2D eigenvalue weighted by molar-refractivity contribution is 6.24. The van der Waals surface area contributed by atoms with Crippen LogP contribution in [0.3, 0.4) is 0 Å². The highest BCUT2D eigenvalue weighted by atomic mass is 16.3. The average molecular weight is 702 g/mol. The van der Waals surface area contributed by atoms with Gasteiger partial charge in [0.15, 0.2) is 0 Å². The van der Waals surface area contributed by atoms with Crippen LogP contribution in [0.1, 0.15) is 0 Å². The van der Waals surface area contributed by atoms with Crippen molar-refractivity contribution in [3.8, 4) is 39.3 Å². The summed E-state index contributed by atoms with van der Waals surface area (Å²) in [4.78, 5) is 0. The molecule has 0 aliphatic rings. The molecule has 3 heteroatoms. The number of aromatic nitrogens is 1. The van der Waals surface area contributed by atoms with Gasteiger partial charge in [0.2, 0.25) is 0 Å². The van der Waals surface area contributed by atoms with Gasteiger partial charge in [-0.15, -0.1) is 0 Å². The van der Waals surface area contributed by atoms with E-state index in [1.54, 1.807) is 0 Å². The lowest BCUT2D eigenvalue weighted by Crippen LogP contribution is -1.92. The van der Waals surface area contributed by atoms with E-state index in [1.807, 2.05) is 6.07 Å². The Morgan fingerprint density at radius 3 is 1.75 bits per heavy atom. The van der Waals surface area contributed by atoms with E-state index in [-0.39, 0.29) is 0 Å². The number of para-hydroxylation sites is 4. The maximum absolute atomic E-state index is 6.74. The summed E-state index contributed by atoms with van der Waals surface area (Å²) in [5.74, 6) is 0.856. The third-order valence-corrected chi connectivity index (χ3v) is 11.4. The Bertz CT molecular complexity index is 3430. The largest absolute Gasteiger partial charge is 0.456 e. The first-order chi connectivity index (χ1) is 27.3. The quantitative estimate of drug-likeness (QED) is 0.171. The van der Waals surface area contributed by atoms with Crippen LogP contribution in [0.5, 0.6) is 0 Å². The van der Waals surface area contributed by atoms with Crippen molar-refractivity contribution in [1.29, 1.82) is 0 Å². The molecule has 0 radical (unpaired) electrons. The summed E-state index contributed by atoms with van der Waals surface area (Å²) >= 11 is 0. The minimum Gasteiger partial charge on any atom is -0.456 e. The van der Waals surface area contributed by atoms with Crippen LogP contribution >= 0.6 is 0 Å². The summed E-state index contributed by atoms with van der Waals surface area (Å²) in [6, 6.07) is 67.1. The Kier molecular flexibility index (Phi) is 6.34. The summed E-state index contributed by atoms with van der Waals surface area (Å²) in [5.41, 5.74) is 11.9. The first-order valence-electron chi connectivity index (χ1n) is 18.8. The van der Waals surface area contributed by atoms with Gasteiger partial charge in [0, 0.05) is 49.3 Å². The molecule has 0 atom stereocenters.